The van der Waals surface area contributed by atoms with Crippen molar-refractivity contribution in [3.05, 3.63) is 56.0 Å². The van der Waals surface area contributed by atoms with Crippen LogP contribution in [-0.2, 0) is 0 Å². The maximum atomic E-state index is 12.2. The van der Waals surface area contributed by atoms with E-state index in [0.717, 1.165) is 10.0 Å². The van der Waals surface area contributed by atoms with Gasteiger partial charge < -0.3 is 11.1 Å². The van der Waals surface area contributed by atoms with Gasteiger partial charge in [0.2, 0.25) is 0 Å². The van der Waals surface area contributed by atoms with Gasteiger partial charge in [-0.1, -0.05) is 23.2 Å². The Kier molecular flexibility index (Phi) is 4.58. The highest BCUT2D eigenvalue weighted by molar-refractivity contribution is 9.10. The molecule has 6 heteroatoms. The molecule has 0 aliphatic heterocycles. The molecule has 0 bridgehead atoms. The van der Waals surface area contributed by atoms with Crippen LogP contribution in [0.1, 0.15) is 15.9 Å². The molecule has 20 heavy (non-hydrogen) atoms. The quantitative estimate of drug-likeness (QED) is 0.735. The van der Waals surface area contributed by atoms with Gasteiger partial charge in [0, 0.05) is 15.2 Å². The minimum absolute atomic E-state index is 0.303. The number of hydrogen-bond donors (Lipinski definition) is 2. The molecule has 0 spiro atoms. The summed E-state index contributed by atoms with van der Waals surface area (Å²) in [6, 6.07) is 8.26. The number of amides is 1. The molecule has 0 aliphatic carbocycles. The zero-order valence-electron chi connectivity index (χ0n) is 10.5. The van der Waals surface area contributed by atoms with Gasteiger partial charge >= 0.3 is 0 Å². The number of halogens is 3. The monoisotopic (exact) mass is 372 g/mol. The fourth-order valence-corrected chi connectivity index (χ4v) is 2.64. The molecule has 2 rings (SSSR count). The topological polar surface area (TPSA) is 55.1 Å². The largest absolute Gasteiger partial charge is 0.399 e. The first-order valence-corrected chi connectivity index (χ1v) is 7.25. The Morgan fingerprint density at radius 2 is 1.90 bits per heavy atom. The van der Waals surface area contributed by atoms with E-state index < -0.39 is 0 Å². The highest BCUT2D eigenvalue weighted by atomic mass is 79.9. The van der Waals surface area contributed by atoms with Crippen molar-refractivity contribution < 1.29 is 4.79 Å². The van der Waals surface area contributed by atoms with Crippen LogP contribution in [0, 0.1) is 6.92 Å². The zero-order valence-corrected chi connectivity index (χ0v) is 13.6. The number of rotatable bonds is 2. The maximum Gasteiger partial charge on any atom is 0.257 e. The van der Waals surface area contributed by atoms with E-state index in [-0.39, 0.29) is 5.91 Å². The van der Waals surface area contributed by atoms with Crippen LogP contribution in [0.15, 0.2) is 34.8 Å². The molecule has 104 valence electrons. The normalized spacial score (nSPS) is 10.4. The fraction of sp³-hybridized carbons (Fsp3) is 0.0714. The van der Waals surface area contributed by atoms with Crippen LogP contribution >= 0.6 is 39.1 Å². The Balaban J connectivity index is 2.30. The van der Waals surface area contributed by atoms with E-state index in [9.17, 15) is 4.79 Å². The first kappa shape index (κ1) is 15.2. The summed E-state index contributed by atoms with van der Waals surface area (Å²) in [5.41, 5.74) is 7.96. The van der Waals surface area contributed by atoms with Crippen LogP contribution in [-0.4, -0.2) is 5.91 Å². The predicted octanol–water partition coefficient (Wildman–Crippen LogP) is 4.90. The summed E-state index contributed by atoms with van der Waals surface area (Å²) in [5, 5.41) is 3.64. The van der Waals surface area contributed by atoms with E-state index >= 15 is 0 Å². The maximum absolute atomic E-state index is 12.2. The van der Waals surface area contributed by atoms with Crippen LogP contribution < -0.4 is 11.1 Å². The molecule has 2 aromatic carbocycles. The highest BCUT2D eigenvalue weighted by Gasteiger charge is 2.13. The van der Waals surface area contributed by atoms with Crippen molar-refractivity contribution in [3.63, 3.8) is 0 Å². The van der Waals surface area contributed by atoms with Gasteiger partial charge in [0.15, 0.2) is 0 Å². The fourth-order valence-electron chi connectivity index (χ4n) is 1.65. The second kappa shape index (κ2) is 6.04. The molecule has 0 radical (unpaired) electrons. The Morgan fingerprint density at radius 1 is 1.20 bits per heavy atom. The van der Waals surface area contributed by atoms with Gasteiger partial charge in [-0.2, -0.15) is 0 Å². The number of aryl methyl sites for hydroxylation is 1. The smallest absolute Gasteiger partial charge is 0.257 e. The van der Waals surface area contributed by atoms with Crippen molar-refractivity contribution in [1.82, 2.24) is 0 Å². The van der Waals surface area contributed by atoms with E-state index in [1.54, 1.807) is 18.2 Å². The van der Waals surface area contributed by atoms with Crippen molar-refractivity contribution >= 4 is 56.4 Å². The molecule has 0 fully saturated rings. The lowest BCUT2D eigenvalue weighted by atomic mass is 10.1. The van der Waals surface area contributed by atoms with Crippen LogP contribution in [0.5, 0.6) is 0 Å². The Labute approximate surface area is 135 Å². The SMILES string of the molecule is Cc1cc(Br)c(NC(=O)c2ccc(N)cc2Cl)cc1Cl. The minimum Gasteiger partial charge on any atom is -0.399 e. The Bertz CT molecular complexity index is 689. The van der Waals surface area contributed by atoms with E-state index in [0.29, 0.717) is 27.0 Å². The summed E-state index contributed by atoms with van der Waals surface area (Å²) in [6.45, 7) is 1.88. The Hall–Kier alpha value is -1.23. The van der Waals surface area contributed by atoms with Gasteiger partial charge in [-0.25, -0.2) is 0 Å². The van der Waals surface area contributed by atoms with Crippen molar-refractivity contribution in [3.8, 4) is 0 Å². The van der Waals surface area contributed by atoms with Crippen molar-refractivity contribution in [2.75, 3.05) is 11.1 Å². The third-order valence-electron chi connectivity index (χ3n) is 2.73. The molecule has 0 saturated carbocycles. The number of carbonyl (C=O) groups is 1. The number of benzene rings is 2. The second-order valence-electron chi connectivity index (χ2n) is 4.27. The summed E-state index contributed by atoms with van der Waals surface area (Å²) in [6.07, 6.45) is 0. The molecular weight excluding hydrogens is 363 g/mol. The minimum atomic E-state index is -0.324. The summed E-state index contributed by atoms with van der Waals surface area (Å²) < 4.78 is 0.749. The predicted molar refractivity (Wildman–Crippen MR) is 87.7 cm³/mol. The number of nitrogens with two attached hydrogens (primary N) is 1. The highest BCUT2D eigenvalue weighted by Crippen LogP contribution is 2.30. The molecule has 0 atom stereocenters. The molecule has 0 heterocycles. The van der Waals surface area contributed by atoms with Gasteiger partial charge in [0.1, 0.15) is 0 Å². The lowest BCUT2D eigenvalue weighted by Gasteiger charge is -2.10. The van der Waals surface area contributed by atoms with Gasteiger partial charge in [0.05, 0.1) is 16.3 Å². The summed E-state index contributed by atoms with van der Waals surface area (Å²) in [5.74, 6) is -0.324. The van der Waals surface area contributed by atoms with Crippen LogP contribution in [0.3, 0.4) is 0 Å². The molecule has 0 unspecified atom stereocenters. The third-order valence-corrected chi connectivity index (χ3v) is 4.11. The molecular formula is C14H11BrCl2N2O. The third kappa shape index (κ3) is 3.26. The van der Waals surface area contributed by atoms with Crippen molar-refractivity contribution in [2.45, 2.75) is 6.92 Å². The number of nitrogens with one attached hydrogen (secondary N) is 1. The van der Waals surface area contributed by atoms with Crippen LogP contribution in [0.4, 0.5) is 11.4 Å². The van der Waals surface area contributed by atoms with E-state index in [4.69, 9.17) is 28.9 Å². The summed E-state index contributed by atoms with van der Waals surface area (Å²) in [4.78, 5) is 12.2. The molecule has 0 saturated heterocycles. The van der Waals surface area contributed by atoms with Gasteiger partial charge in [0.25, 0.3) is 5.91 Å². The molecule has 1 amide bonds. The van der Waals surface area contributed by atoms with Gasteiger partial charge in [-0.05, 0) is 58.7 Å². The van der Waals surface area contributed by atoms with Crippen LogP contribution in [0.2, 0.25) is 10.0 Å². The van der Waals surface area contributed by atoms with Crippen LogP contribution in [0.25, 0.3) is 0 Å². The Morgan fingerprint density at radius 3 is 2.55 bits per heavy atom. The lowest BCUT2D eigenvalue weighted by Crippen LogP contribution is -2.13. The molecule has 0 aliphatic rings. The molecule has 3 N–H and O–H groups in total. The number of carbonyl (C=O) groups excluding carboxylic acids is 1. The lowest BCUT2D eigenvalue weighted by molar-refractivity contribution is 0.102. The average molecular weight is 374 g/mol. The van der Waals surface area contributed by atoms with E-state index in [1.807, 2.05) is 13.0 Å². The molecule has 0 aromatic heterocycles. The summed E-state index contributed by atoms with van der Waals surface area (Å²) >= 11 is 15.4. The summed E-state index contributed by atoms with van der Waals surface area (Å²) in [7, 11) is 0. The van der Waals surface area contributed by atoms with Crippen molar-refractivity contribution in [2.24, 2.45) is 0 Å². The number of nitrogen functional groups attached to an aromatic ring is 1. The van der Waals surface area contributed by atoms with Gasteiger partial charge in [-0.3, -0.25) is 4.79 Å². The van der Waals surface area contributed by atoms with Gasteiger partial charge in [-0.15, -0.1) is 0 Å². The molecule has 3 nitrogen and oxygen atoms in total. The first-order valence-electron chi connectivity index (χ1n) is 5.70. The second-order valence-corrected chi connectivity index (χ2v) is 5.94. The number of hydrogen-bond acceptors (Lipinski definition) is 2. The standard InChI is InChI=1S/C14H11BrCl2N2O/c1-7-4-10(15)13(6-11(7)16)19-14(20)9-3-2-8(18)5-12(9)17/h2-6H,18H2,1H3,(H,19,20). The number of anilines is 2. The van der Waals surface area contributed by atoms with E-state index in [2.05, 4.69) is 21.2 Å². The van der Waals surface area contributed by atoms with Crippen molar-refractivity contribution in [1.29, 1.82) is 0 Å². The van der Waals surface area contributed by atoms with E-state index in [1.165, 1.54) is 6.07 Å². The zero-order chi connectivity index (χ0) is 14.9. The molecule has 2 aromatic rings. The first-order chi connectivity index (χ1) is 9.38. The average Bonchev–Trinajstić information content (AvgIpc) is 2.35.